The highest BCUT2D eigenvalue weighted by atomic mass is 16.5. The number of nitrogens with one attached hydrogen (secondary N) is 1. The molecule has 132 valence electrons. The molecule has 1 aliphatic heterocycles. The molecule has 2 heterocycles. The fourth-order valence-corrected chi connectivity index (χ4v) is 2.62. The second kappa shape index (κ2) is 7.35. The highest BCUT2D eigenvalue weighted by Gasteiger charge is 2.19. The van der Waals surface area contributed by atoms with Crippen LogP contribution >= 0.6 is 0 Å². The third kappa shape index (κ3) is 3.80. The van der Waals surface area contributed by atoms with E-state index in [-0.39, 0.29) is 17.7 Å². The molecule has 1 aromatic carbocycles. The summed E-state index contributed by atoms with van der Waals surface area (Å²) in [6.45, 7) is 2.32. The highest BCUT2D eigenvalue weighted by Crippen LogP contribution is 2.18. The lowest BCUT2D eigenvalue weighted by atomic mass is 10.1. The van der Waals surface area contributed by atoms with Gasteiger partial charge in [0.15, 0.2) is 0 Å². The van der Waals surface area contributed by atoms with E-state index in [1.54, 1.807) is 42.4 Å². The van der Waals surface area contributed by atoms with Crippen molar-refractivity contribution in [3.8, 4) is 5.88 Å². The van der Waals surface area contributed by atoms with E-state index in [0.717, 1.165) is 0 Å². The van der Waals surface area contributed by atoms with Gasteiger partial charge in [-0.1, -0.05) is 0 Å². The number of carbonyl (C=O) groups is 2. The predicted octanol–water partition coefficient (Wildman–Crippen LogP) is 1.15. The summed E-state index contributed by atoms with van der Waals surface area (Å²) < 4.78 is 11.9. The second-order valence-corrected chi connectivity index (χ2v) is 5.66. The molecule has 0 aliphatic carbocycles. The van der Waals surface area contributed by atoms with E-state index in [4.69, 9.17) is 9.47 Å². The van der Waals surface area contributed by atoms with Gasteiger partial charge >= 0.3 is 0 Å². The standard InChI is InChI=1S/C17H20N4O4/c1-20-11-14(16(19-20)24-2)15(22)18-13-5-3-12(4-6-13)17(23)21-7-9-25-10-8-21/h3-6,11H,7-10H2,1-2H3,(H,18,22). The topological polar surface area (TPSA) is 85.7 Å². The van der Waals surface area contributed by atoms with Crippen molar-refractivity contribution in [3.63, 3.8) is 0 Å². The van der Waals surface area contributed by atoms with Gasteiger partial charge in [0.1, 0.15) is 5.56 Å². The quantitative estimate of drug-likeness (QED) is 0.899. The fourth-order valence-electron chi connectivity index (χ4n) is 2.62. The fraction of sp³-hybridized carbons (Fsp3) is 0.353. The third-order valence-electron chi connectivity index (χ3n) is 3.92. The number of hydrogen-bond donors (Lipinski definition) is 1. The van der Waals surface area contributed by atoms with Crippen LogP contribution in [0.3, 0.4) is 0 Å². The van der Waals surface area contributed by atoms with Crippen molar-refractivity contribution < 1.29 is 19.1 Å². The first-order chi connectivity index (χ1) is 12.1. The Morgan fingerprint density at radius 1 is 1.20 bits per heavy atom. The van der Waals surface area contributed by atoms with E-state index in [0.29, 0.717) is 43.1 Å². The molecule has 3 rings (SSSR count). The molecule has 0 bridgehead atoms. The Hall–Kier alpha value is -2.87. The minimum absolute atomic E-state index is 0.0323. The Morgan fingerprint density at radius 3 is 2.52 bits per heavy atom. The number of methoxy groups -OCH3 is 1. The maximum Gasteiger partial charge on any atom is 0.262 e. The molecule has 1 aromatic heterocycles. The molecular formula is C17H20N4O4. The van der Waals surface area contributed by atoms with Crippen LogP contribution in [0.25, 0.3) is 0 Å². The van der Waals surface area contributed by atoms with E-state index < -0.39 is 0 Å². The summed E-state index contributed by atoms with van der Waals surface area (Å²) in [5, 5.41) is 6.83. The number of hydrogen-bond acceptors (Lipinski definition) is 5. The molecule has 0 unspecified atom stereocenters. The Balaban J connectivity index is 1.67. The van der Waals surface area contributed by atoms with Crippen LogP contribution in [0.15, 0.2) is 30.5 Å². The number of nitrogens with zero attached hydrogens (tertiary/aromatic N) is 3. The summed E-state index contributed by atoms with van der Waals surface area (Å²) in [5.74, 6) is -0.0913. The molecule has 0 atom stereocenters. The second-order valence-electron chi connectivity index (χ2n) is 5.66. The molecular weight excluding hydrogens is 324 g/mol. The summed E-state index contributed by atoms with van der Waals surface area (Å²) in [7, 11) is 3.18. The molecule has 8 heteroatoms. The molecule has 1 fully saturated rings. The van der Waals surface area contributed by atoms with Gasteiger partial charge in [0, 0.05) is 37.6 Å². The molecule has 1 saturated heterocycles. The lowest BCUT2D eigenvalue weighted by Crippen LogP contribution is -2.40. The van der Waals surface area contributed by atoms with Gasteiger partial charge < -0.3 is 19.7 Å². The van der Waals surface area contributed by atoms with Crippen LogP contribution in [0.4, 0.5) is 5.69 Å². The Morgan fingerprint density at radius 2 is 1.88 bits per heavy atom. The third-order valence-corrected chi connectivity index (χ3v) is 3.92. The smallest absolute Gasteiger partial charge is 0.262 e. The van der Waals surface area contributed by atoms with Crippen LogP contribution < -0.4 is 10.1 Å². The average molecular weight is 344 g/mol. The van der Waals surface area contributed by atoms with Crippen molar-refractivity contribution in [2.45, 2.75) is 0 Å². The molecule has 25 heavy (non-hydrogen) atoms. The number of morpholine rings is 1. The molecule has 2 aromatic rings. The number of carbonyl (C=O) groups excluding carboxylic acids is 2. The lowest BCUT2D eigenvalue weighted by molar-refractivity contribution is 0.0303. The lowest BCUT2D eigenvalue weighted by Gasteiger charge is -2.26. The summed E-state index contributed by atoms with van der Waals surface area (Å²) in [6, 6.07) is 6.81. The van der Waals surface area contributed by atoms with Gasteiger partial charge in [-0.15, -0.1) is 5.10 Å². The van der Waals surface area contributed by atoms with Crippen LogP contribution in [-0.2, 0) is 11.8 Å². The summed E-state index contributed by atoms with van der Waals surface area (Å²) in [4.78, 5) is 26.5. The molecule has 0 radical (unpaired) electrons. The first-order valence-corrected chi connectivity index (χ1v) is 7.94. The van der Waals surface area contributed by atoms with Crippen molar-refractivity contribution in [1.82, 2.24) is 14.7 Å². The van der Waals surface area contributed by atoms with E-state index in [2.05, 4.69) is 10.4 Å². The molecule has 0 saturated carbocycles. The minimum Gasteiger partial charge on any atom is -0.479 e. The zero-order valence-electron chi connectivity index (χ0n) is 14.2. The molecule has 1 N–H and O–H groups in total. The number of amides is 2. The SMILES string of the molecule is COc1nn(C)cc1C(=O)Nc1ccc(C(=O)N2CCOCC2)cc1. The Kier molecular flexibility index (Phi) is 4.99. The molecule has 8 nitrogen and oxygen atoms in total. The monoisotopic (exact) mass is 344 g/mol. The summed E-state index contributed by atoms with van der Waals surface area (Å²) in [6.07, 6.45) is 1.59. The van der Waals surface area contributed by atoms with E-state index in [1.165, 1.54) is 11.8 Å². The van der Waals surface area contributed by atoms with Crippen molar-refractivity contribution in [2.75, 3.05) is 38.7 Å². The van der Waals surface area contributed by atoms with Crippen LogP contribution in [0.2, 0.25) is 0 Å². The van der Waals surface area contributed by atoms with Gasteiger partial charge in [-0.2, -0.15) is 0 Å². The van der Waals surface area contributed by atoms with Crippen molar-refractivity contribution in [3.05, 3.63) is 41.6 Å². The average Bonchev–Trinajstić information content (AvgIpc) is 3.03. The molecule has 2 amide bonds. The number of benzene rings is 1. The summed E-state index contributed by atoms with van der Waals surface area (Å²) >= 11 is 0. The van der Waals surface area contributed by atoms with E-state index in [9.17, 15) is 9.59 Å². The number of rotatable bonds is 4. The van der Waals surface area contributed by atoms with Crippen LogP contribution in [0, 0.1) is 0 Å². The van der Waals surface area contributed by atoms with Gasteiger partial charge in [-0.3, -0.25) is 14.3 Å². The van der Waals surface area contributed by atoms with Crippen LogP contribution in [0.5, 0.6) is 5.88 Å². The van der Waals surface area contributed by atoms with Crippen molar-refractivity contribution >= 4 is 17.5 Å². The van der Waals surface area contributed by atoms with Crippen LogP contribution in [-0.4, -0.2) is 59.9 Å². The summed E-state index contributed by atoms with van der Waals surface area (Å²) in [5.41, 5.74) is 1.52. The molecule has 0 spiro atoms. The number of aromatic nitrogens is 2. The van der Waals surface area contributed by atoms with E-state index >= 15 is 0 Å². The normalized spacial score (nSPS) is 14.2. The number of ether oxygens (including phenoxy) is 2. The maximum absolute atomic E-state index is 12.4. The zero-order valence-corrected chi connectivity index (χ0v) is 14.2. The number of aryl methyl sites for hydroxylation is 1. The minimum atomic E-state index is -0.322. The Labute approximate surface area is 145 Å². The maximum atomic E-state index is 12.4. The first-order valence-electron chi connectivity index (χ1n) is 7.94. The Bertz CT molecular complexity index is 763. The van der Waals surface area contributed by atoms with Gasteiger partial charge in [0.25, 0.3) is 11.8 Å². The first kappa shape index (κ1) is 17.0. The largest absolute Gasteiger partial charge is 0.479 e. The van der Waals surface area contributed by atoms with Crippen LogP contribution in [0.1, 0.15) is 20.7 Å². The van der Waals surface area contributed by atoms with Gasteiger partial charge in [0.05, 0.1) is 20.3 Å². The van der Waals surface area contributed by atoms with Crippen molar-refractivity contribution in [2.24, 2.45) is 7.05 Å². The number of anilines is 1. The van der Waals surface area contributed by atoms with E-state index in [1.807, 2.05) is 0 Å². The van der Waals surface area contributed by atoms with Gasteiger partial charge in [-0.05, 0) is 24.3 Å². The predicted molar refractivity (Wildman–Crippen MR) is 90.9 cm³/mol. The zero-order chi connectivity index (χ0) is 17.8. The molecule has 1 aliphatic rings. The highest BCUT2D eigenvalue weighted by molar-refractivity contribution is 6.06. The van der Waals surface area contributed by atoms with Crippen molar-refractivity contribution in [1.29, 1.82) is 0 Å². The van der Waals surface area contributed by atoms with Gasteiger partial charge in [0.2, 0.25) is 5.88 Å². The van der Waals surface area contributed by atoms with Gasteiger partial charge in [-0.25, -0.2) is 0 Å².